The summed E-state index contributed by atoms with van der Waals surface area (Å²) in [6.07, 6.45) is 5.07. The molecule has 0 saturated heterocycles. The number of nitrogens with zero attached hydrogens (tertiary/aromatic N) is 3. The van der Waals surface area contributed by atoms with Crippen LogP contribution in [0.3, 0.4) is 0 Å². The second-order valence-electron chi connectivity index (χ2n) is 19.6. The minimum absolute atomic E-state index is 0.286. The van der Waals surface area contributed by atoms with E-state index in [9.17, 15) is 0 Å². The summed E-state index contributed by atoms with van der Waals surface area (Å²) in [6, 6.07) is 78.5. The van der Waals surface area contributed by atoms with Gasteiger partial charge in [0.15, 0.2) is 0 Å². The van der Waals surface area contributed by atoms with Gasteiger partial charge in [-0.25, -0.2) is 4.99 Å². The molecule has 3 unspecified atom stereocenters. The fraction of sp³-hybridized carbons (Fsp3) is 0.0758. The van der Waals surface area contributed by atoms with E-state index in [1.165, 1.54) is 92.3 Å². The predicted octanol–water partition coefficient (Wildman–Crippen LogP) is 16.4. The monoisotopic (exact) mass is 909 g/mol. The molecule has 15 rings (SSSR count). The van der Waals surface area contributed by atoms with Crippen LogP contribution in [-0.4, -0.2) is 15.0 Å². The largest absolute Gasteiger partial charge is 0.350 e. The number of hydrogen-bond donors (Lipinski definition) is 2. The number of amidine groups is 1. The van der Waals surface area contributed by atoms with E-state index in [0.717, 1.165) is 45.8 Å². The number of allylic oxidation sites excluding steroid dienone is 1. The molecule has 3 atom stereocenters. The van der Waals surface area contributed by atoms with E-state index in [2.05, 4.69) is 251 Å². The average molecular weight is 910 g/mol. The lowest BCUT2D eigenvalue weighted by molar-refractivity contribution is 0.411. The molecule has 5 nitrogen and oxygen atoms in total. The third-order valence-corrected chi connectivity index (χ3v) is 15.5. The number of hydrogen-bond acceptors (Lipinski definition) is 3. The molecule has 1 aliphatic heterocycles. The maximum atomic E-state index is 5.49. The number of fused-ring (bicyclic) bond motifs is 12. The highest BCUT2D eigenvalue weighted by molar-refractivity contribution is 6.16. The molecule has 5 heteroatoms. The van der Waals surface area contributed by atoms with Gasteiger partial charge in [0.25, 0.3) is 0 Å². The number of benzene rings is 11. The van der Waals surface area contributed by atoms with Crippen molar-refractivity contribution >= 4 is 98.6 Å². The van der Waals surface area contributed by atoms with Crippen LogP contribution in [0.15, 0.2) is 223 Å². The number of rotatable bonds is 5. The van der Waals surface area contributed by atoms with Gasteiger partial charge in [0.2, 0.25) is 0 Å². The summed E-state index contributed by atoms with van der Waals surface area (Å²) < 4.78 is 5.04. The minimum atomic E-state index is -0.334. The van der Waals surface area contributed by atoms with Crippen LogP contribution in [0.2, 0.25) is 0 Å². The van der Waals surface area contributed by atoms with Gasteiger partial charge in [0.05, 0.1) is 27.8 Å². The lowest BCUT2D eigenvalue weighted by atomic mass is 9.87. The number of aliphatic imine (C=N–C) groups is 1. The molecule has 336 valence electrons. The van der Waals surface area contributed by atoms with Crippen molar-refractivity contribution in [2.75, 3.05) is 0 Å². The number of nitrogens with one attached hydrogen (secondary N) is 2. The maximum absolute atomic E-state index is 5.49. The molecule has 0 bridgehead atoms. The average Bonchev–Trinajstić information content (AvgIpc) is 3.92. The van der Waals surface area contributed by atoms with E-state index in [1.54, 1.807) is 0 Å². The molecule has 0 amide bonds. The second kappa shape index (κ2) is 15.6. The Labute approximate surface area is 410 Å². The molecule has 13 aromatic rings. The van der Waals surface area contributed by atoms with Gasteiger partial charge >= 0.3 is 0 Å². The van der Waals surface area contributed by atoms with E-state index in [1.807, 2.05) is 0 Å². The normalized spacial score (nSPS) is 17.0. The van der Waals surface area contributed by atoms with Crippen LogP contribution in [0.5, 0.6) is 0 Å². The van der Waals surface area contributed by atoms with Crippen LogP contribution in [-0.2, 0) is 0 Å². The molecule has 2 aromatic heterocycles. The van der Waals surface area contributed by atoms with Gasteiger partial charge < -0.3 is 14.5 Å². The van der Waals surface area contributed by atoms with Crippen molar-refractivity contribution in [3.8, 4) is 11.4 Å². The van der Waals surface area contributed by atoms with E-state index in [4.69, 9.17) is 4.99 Å². The van der Waals surface area contributed by atoms with Crippen molar-refractivity contribution in [2.45, 2.75) is 31.6 Å². The summed E-state index contributed by atoms with van der Waals surface area (Å²) in [5.74, 6) is 1.31. The highest BCUT2D eigenvalue weighted by atomic mass is 15.3. The second-order valence-corrected chi connectivity index (χ2v) is 19.6. The quantitative estimate of drug-likeness (QED) is 0.169. The van der Waals surface area contributed by atoms with Crippen LogP contribution in [0.25, 0.3) is 104 Å². The topological polar surface area (TPSA) is 46.3 Å². The Balaban J connectivity index is 0.971. The van der Waals surface area contributed by atoms with E-state index in [-0.39, 0.29) is 12.3 Å². The highest BCUT2D eigenvalue weighted by Crippen LogP contribution is 2.43. The lowest BCUT2D eigenvalue weighted by Gasteiger charge is -2.33. The molecule has 1 aliphatic carbocycles. The van der Waals surface area contributed by atoms with Crippen LogP contribution in [0.4, 0.5) is 0 Å². The molecule has 2 aliphatic rings. The first kappa shape index (κ1) is 40.1. The SMILES string of the molecule is CC1CC=Cc2cc3c4ccccc4n(-c4ccc5c6cc7ccccc7cc6n(-c6cc(C7NC(c8ccccc8)=NC(c8cc9ccccc9c9ccccc89)N7)cc7ccccc67)c5c4)c3cc21. The zero-order chi connectivity index (χ0) is 46.7. The Kier molecular flexibility index (Phi) is 8.84. The van der Waals surface area contributed by atoms with Crippen LogP contribution in [0.1, 0.15) is 59.4 Å². The molecule has 0 saturated carbocycles. The highest BCUT2D eigenvalue weighted by Gasteiger charge is 2.29. The van der Waals surface area contributed by atoms with Gasteiger partial charge in [0, 0.05) is 38.2 Å². The van der Waals surface area contributed by atoms with Gasteiger partial charge in [-0.3, -0.25) is 5.32 Å². The fourth-order valence-corrected chi connectivity index (χ4v) is 12.1. The molecule has 0 radical (unpaired) electrons. The van der Waals surface area contributed by atoms with Gasteiger partial charge in [-0.05, 0) is 133 Å². The molecule has 0 fully saturated rings. The van der Waals surface area contributed by atoms with Crippen molar-refractivity contribution in [1.82, 2.24) is 19.8 Å². The summed E-state index contributed by atoms with van der Waals surface area (Å²) in [7, 11) is 0. The molecule has 11 aromatic carbocycles. The van der Waals surface area contributed by atoms with E-state index in [0.29, 0.717) is 5.92 Å². The van der Waals surface area contributed by atoms with Crippen LogP contribution >= 0.6 is 0 Å². The molecule has 0 spiro atoms. The van der Waals surface area contributed by atoms with Gasteiger partial charge in [-0.2, -0.15) is 0 Å². The molecule has 3 heterocycles. The summed E-state index contributed by atoms with van der Waals surface area (Å²) >= 11 is 0. The minimum Gasteiger partial charge on any atom is -0.350 e. The first-order chi connectivity index (χ1) is 35.1. The van der Waals surface area contributed by atoms with Crippen LogP contribution < -0.4 is 10.6 Å². The summed E-state index contributed by atoms with van der Waals surface area (Å²) in [4.78, 5) is 5.49. The van der Waals surface area contributed by atoms with Gasteiger partial charge in [-0.15, -0.1) is 0 Å². The first-order valence-corrected chi connectivity index (χ1v) is 24.9. The number of aromatic nitrogens is 2. The zero-order valence-electron chi connectivity index (χ0n) is 39.1. The van der Waals surface area contributed by atoms with Crippen molar-refractivity contribution < 1.29 is 0 Å². The Morgan fingerprint density at radius 2 is 1.08 bits per heavy atom. The summed E-state index contributed by atoms with van der Waals surface area (Å²) in [5.41, 5.74) is 13.1. The maximum Gasteiger partial charge on any atom is 0.131 e. The fourth-order valence-electron chi connectivity index (χ4n) is 12.1. The zero-order valence-corrected chi connectivity index (χ0v) is 39.1. The first-order valence-electron chi connectivity index (χ1n) is 24.9. The van der Waals surface area contributed by atoms with Crippen LogP contribution in [0, 0.1) is 0 Å². The Morgan fingerprint density at radius 3 is 1.92 bits per heavy atom. The molecule has 2 N–H and O–H groups in total. The standard InChI is InChI=1S/C66H47N5/c1-40-16-15-23-46-34-57-53-28-13-14-29-59(53)70(63(57)39-55(40)46)48-30-31-54-56-33-42-19-5-6-20-43(42)36-61(56)71(62(54)38-48)60-37-47(32-44-21-8-10-25-50(44)60)65-67-64(41-17-3-2-4-18-41)68-66(69-65)58-35-45-22-7-9-24-49(45)51-26-11-12-27-52(51)58/h2-15,17-40,65-66,69H,16H2,1H3,(H,67,68). The van der Waals surface area contributed by atoms with Crippen molar-refractivity contribution in [1.29, 1.82) is 0 Å². The van der Waals surface area contributed by atoms with Gasteiger partial charge in [0.1, 0.15) is 18.2 Å². The molecular weight excluding hydrogens is 863 g/mol. The predicted molar refractivity (Wildman–Crippen MR) is 298 cm³/mol. The van der Waals surface area contributed by atoms with E-state index < -0.39 is 0 Å². The Morgan fingerprint density at radius 1 is 0.451 bits per heavy atom. The number of para-hydroxylation sites is 1. The third-order valence-electron chi connectivity index (χ3n) is 15.5. The third kappa shape index (κ3) is 6.26. The summed E-state index contributed by atoms with van der Waals surface area (Å²) in [6.45, 7) is 2.35. The molecular formula is C66H47N5. The Bertz CT molecular complexity index is 4420. The smallest absolute Gasteiger partial charge is 0.131 e. The lowest BCUT2D eigenvalue weighted by Crippen LogP contribution is -2.45. The molecule has 71 heavy (non-hydrogen) atoms. The van der Waals surface area contributed by atoms with Crippen molar-refractivity contribution in [3.05, 3.63) is 246 Å². The van der Waals surface area contributed by atoms with Gasteiger partial charge in [-0.1, -0.05) is 171 Å². The Hall–Kier alpha value is -8.77. The van der Waals surface area contributed by atoms with Crippen molar-refractivity contribution in [2.24, 2.45) is 4.99 Å². The summed E-state index contributed by atoms with van der Waals surface area (Å²) in [5, 5.41) is 22.6. The van der Waals surface area contributed by atoms with E-state index >= 15 is 0 Å². The van der Waals surface area contributed by atoms with Crippen molar-refractivity contribution in [3.63, 3.8) is 0 Å².